The zero-order valence-corrected chi connectivity index (χ0v) is 46.3. The van der Waals surface area contributed by atoms with E-state index in [4.69, 9.17) is 9.47 Å². The highest BCUT2D eigenvalue weighted by atomic mass is 16.7. The van der Waals surface area contributed by atoms with Gasteiger partial charge in [0, 0.05) is 6.42 Å². The Morgan fingerprint density at radius 3 is 1.30 bits per heavy atom. The highest BCUT2D eigenvalue weighted by Crippen LogP contribution is 2.22. The topological polar surface area (TPSA) is 149 Å². The predicted molar refractivity (Wildman–Crippen MR) is 313 cm³/mol. The molecule has 418 valence electrons. The smallest absolute Gasteiger partial charge is 0.220 e. The van der Waals surface area contributed by atoms with Crippen LogP contribution in [0.25, 0.3) is 0 Å². The van der Waals surface area contributed by atoms with Gasteiger partial charge >= 0.3 is 0 Å². The van der Waals surface area contributed by atoms with Crippen molar-refractivity contribution in [2.75, 3.05) is 13.2 Å². The second-order valence-electron chi connectivity index (χ2n) is 19.3. The van der Waals surface area contributed by atoms with Crippen LogP contribution in [0.15, 0.2) is 146 Å². The van der Waals surface area contributed by atoms with Crippen molar-refractivity contribution in [3.63, 3.8) is 0 Å². The van der Waals surface area contributed by atoms with Crippen molar-refractivity contribution in [2.45, 2.75) is 243 Å². The number of rotatable bonds is 47. The summed E-state index contributed by atoms with van der Waals surface area (Å²) in [6.45, 7) is 3.61. The molecule has 7 unspecified atom stereocenters. The quantitative estimate of drug-likeness (QED) is 0.0261. The predicted octanol–water partition coefficient (Wildman–Crippen LogP) is 14.7. The molecule has 0 bridgehead atoms. The maximum atomic E-state index is 13.0. The lowest BCUT2D eigenvalue weighted by Crippen LogP contribution is -2.60. The number of carbonyl (C=O) groups is 1. The monoisotopic (exact) mass is 1030 g/mol. The van der Waals surface area contributed by atoms with Gasteiger partial charge in [-0.15, -0.1) is 0 Å². The summed E-state index contributed by atoms with van der Waals surface area (Å²) in [7, 11) is 0. The molecular formula is C65H105NO8. The number of allylic oxidation sites excluding steroid dienone is 23. The van der Waals surface area contributed by atoms with E-state index < -0.39 is 49.5 Å². The summed E-state index contributed by atoms with van der Waals surface area (Å²) < 4.78 is 11.2. The van der Waals surface area contributed by atoms with Gasteiger partial charge in [-0.05, 0) is 109 Å². The Balaban J connectivity index is 2.22. The first kappa shape index (κ1) is 68.1. The normalized spacial score (nSPS) is 20.1. The number of aliphatic hydroxyl groups is 5. The number of unbranched alkanes of at least 4 members (excludes halogenated alkanes) is 15. The molecule has 6 N–H and O–H groups in total. The molecule has 9 heteroatoms. The minimum absolute atomic E-state index is 0.209. The number of aliphatic hydroxyl groups excluding tert-OH is 5. The van der Waals surface area contributed by atoms with Gasteiger partial charge in [0.2, 0.25) is 5.91 Å². The van der Waals surface area contributed by atoms with E-state index in [-0.39, 0.29) is 12.5 Å². The van der Waals surface area contributed by atoms with Gasteiger partial charge < -0.3 is 40.3 Å². The lowest BCUT2D eigenvalue weighted by Gasteiger charge is -2.40. The van der Waals surface area contributed by atoms with Crippen LogP contribution in [0.5, 0.6) is 0 Å². The fraction of sp³-hybridized carbons (Fsp3) is 0.615. The van der Waals surface area contributed by atoms with E-state index in [0.717, 1.165) is 128 Å². The SMILES string of the molecule is CC/C=C\C/C=C\C/C=C\C/C=C\C/C=C\C/C=C\C/C=C\C/C=C\C/C=C\C/C=C\CCCCCCCCC(=O)NC(COC1OC(CO)C(O)C(O)C1O)C(O)/C=C/CC/C=C/CCCCCCCCCC. The molecule has 1 heterocycles. The van der Waals surface area contributed by atoms with Gasteiger partial charge in [-0.3, -0.25) is 4.79 Å². The fourth-order valence-electron chi connectivity index (χ4n) is 8.08. The Morgan fingerprint density at radius 2 is 0.851 bits per heavy atom. The van der Waals surface area contributed by atoms with Crippen molar-refractivity contribution in [3.8, 4) is 0 Å². The second kappa shape index (κ2) is 52.5. The summed E-state index contributed by atoms with van der Waals surface area (Å²) in [6, 6.07) is -0.840. The minimum atomic E-state index is -1.58. The highest BCUT2D eigenvalue weighted by molar-refractivity contribution is 5.76. The molecule has 0 spiro atoms. The maximum Gasteiger partial charge on any atom is 0.220 e. The average molecular weight is 1030 g/mol. The van der Waals surface area contributed by atoms with Crippen molar-refractivity contribution in [1.29, 1.82) is 0 Å². The van der Waals surface area contributed by atoms with Crippen LogP contribution in [0.3, 0.4) is 0 Å². The van der Waals surface area contributed by atoms with Crippen LogP contribution in [0.2, 0.25) is 0 Å². The van der Waals surface area contributed by atoms with Gasteiger partial charge in [-0.25, -0.2) is 0 Å². The third-order valence-corrected chi connectivity index (χ3v) is 12.6. The summed E-state index contributed by atoms with van der Waals surface area (Å²) >= 11 is 0. The van der Waals surface area contributed by atoms with Crippen molar-refractivity contribution in [3.05, 3.63) is 146 Å². The molecule has 74 heavy (non-hydrogen) atoms. The van der Waals surface area contributed by atoms with Gasteiger partial charge in [0.15, 0.2) is 6.29 Å². The van der Waals surface area contributed by atoms with Crippen LogP contribution >= 0.6 is 0 Å². The van der Waals surface area contributed by atoms with Crippen molar-refractivity contribution >= 4 is 5.91 Å². The van der Waals surface area contributed by atoms with E-state index in [0.29, 0.717) is 6.42 Å². The molecule has 1 saturated heterocycles. The van der Waals surface area contributed by atoms with E-state index >= 15 is 0 Å². The first-order chi connectivity index (χ1) is 36.3. The van der Waals surface area contributed by atoms with Crippen LogP contribution in [-0.2, 0) is 14.3 Å². The molecule has 7 atom stereocenters. The summed E-state index contributed by atoms with van der Waals surface area (Å²) in [6.07, 6.45) is 74.8. The molecule has 1 fully saturated rings. The Bertz CT molecular complexity index is 1660. The zero-order valence-electron chi connectivity index (χ0n) is 46.3. The lowest BCUT2D eigenvalue weighted by atomic mass is 9.99. The molecule has 0 aromatic carbocycles. The number of amides is 1. The molecule has 1 rings (SSSR count). The van der Waals surface area contributed by atoms with Gasteiger partial charge in [0.05, 0.1) is 25.4 Å². The molecule has 0 aromatic heterocycles. The highest BCUT2D eigenvalue weighted by Gasteiger charge is 2.44. The van der Waals surface area contributed by atoms with E-state index in [1.54, 1.807) is 6.08 Å². The molecule has 0 aliphatic carbocycles. The molecule has 9 nitrogen and oxygen atoms in total. The fourth-order valence-corrected chi connectivity index (χ4v) is 8.08. The number of hydrogen-bond donors (Lipinski definition) is 6. The number of nitrogens with one attached hydrogen (secondary N) is 1. The van der Waals surface area contributed by atoms with Crippen LogP contribution < -0.4 is 5.32 Å². The third-order valence-electron chi connectivity index (χ3n) is 12.6. The van der Waals surface area contributed by atoms with Crippen LogP contribution in [0.4, 0.5) is 0 Å². The van der Waals surface area contributed by atoms with E-state index in [9.17, 15) is 30.3 Å². The van der Waals surface area contributed by atoms with Gasteiger partial charge in [-0.1, -0.05) is 230 Å². The number of carbonyl (C=O) groups excluding carboxylic acids is 1. The largest absolute Gasteiger partial charge is 0.394 e. The molecule has 0 aromatic rings. The molecular weight excluding hydrogens is 923 g/mol. The van der Waals surface area contributed by atoms with E-state index in [1.807, 2.05) is 6.08 Å². The summed E-state index contributed by atoms with van der Waals surface area (Å²) in [5.74, 6) is -0.209. The standard InChI is InChI=1S/C65H105NO8/c1-3-5-7-9-11-13-15-17-19-20-21-22-23-24-25-26-27-28-29-30-31-32-33-34-35-36-37-38-39-40-41-43-45-47-49-51-53-55-61(69)66-58(57-73-65-64(72)63(71)62(70)60(56-67)74-65)59(68)54-52-50-48-46-44-42-18-16-14-12-10-8-6-4-2/h5,7,11,13,17,19,21-22,24-25,27-28,30-31,33-34,36-37,39-40,44,46,52,54,58-60,62-65,67-68,70-72H,3-4,6,8-10,12,14-16,18,20,23,26,29,32,35,38,41-43,45,47-51,53,55-57H2,1-2H3,(H,66,69)/b7-5-,13-11-,19-17-,22-21-,25-24-,28-27-,31-30-,34-33-,37-36-,40-39-,46-44+,54-52+. The Hall–Kier alpha value is -3.93. The molecule has 0 saturated carbocycles. The first-order valence-electron chi connectivity index (χ1n) is 29.1. The van der Waals surface area contributed by atoms with Crippen LogP contribution in [-0.4, -0.2) is 87.5 Å². The Morgan fingerprint density at radius 1 is 0.473 bits per heavy atom. The molecule has 1 aliphatic rings. The van der Waals surface area contributed by atoms with Crippen LogP contribution in [0.1, 0.15) is 200 Å². The molecule has 0 radical (unpaired) electrons. The zero-order chi connectivity index (χ0) is 53.6. The molecule has 1 aliphatic heterocycles. The minimum Gasteiger partial charge on any atom is -0.394 e. The average Bonchev–Trinajstić information content (AvgIpc) is 3.40. The summed E-state index contributed by atoms with van der Waals surface area (Å²) in [5, 5.41) is 54.4. The van der Waals surface area contributed by atoms with E-state index in [2.05, 4.69) is 153 Å². The van der Waals surface area contributed by atoms with Crippen LogP contribution in [0, 0.1) is 0 Å². The van der Waals surface area contributed by atoms with E-state index in [1.165, 1.54) is 51.4 Å². The van der Waals surface area contributed by atoms with Crippen molar-refractivity contribution in [1.82, 2.24) is 5.32 Å². The number of ether oxygens (including phenoxy) is 2. The number of hydrogen-bond acceptors (Lipinski definition) is 8. The van der Waals surface area contributed by atoms with Crippen molar-refractivity contribution < 1.29 is 39.8 Å². The summed E-state index contributed by atoms with van der Waals surface area (Å²) in [4.78, 5) is 13.0. The Labute approximate surface area is 451 Å². The van der Waals surface area contributed by atoms with Gasteiger partial charge in [-0.2, -0.15) is 0 Å². The summed E-state index contributed by atoms with van der Waals surface area (Å²) in [5.41, 5.74) is 0. The maximum absolute atomic E-state index is 13.0. The second-order valence-corrected chi connectivity index (χ2v) is 19.3. The lowest BCUT2D eigenvalue weighted by molar-refractivity contribution is -0.302. The first-order valence-corrected chi connectivity index (χ1v) is 29.1. The van der Waals surface area contributed by atoms with Gasteiger partial charge in [0.1, 0.15) is 24.4 Å². The van der Waals surface area contributed by atoms with Gasteiger partial charge in [0.25, 0.3) is 0 Å². The molecule has 1 amide bonds. The van der Waals surface area contributed by atoms with Crippen molar-refractivity contribution in [2.24, 2.45) is 0 Å². The third kappa shape index (κ3) is 41.3. The Kier molecular flexibility index (Phi) is 48.3.